The van der Waals surface area contributed by atoms with Gasteiger partial charge in [-0.1, -0.05) is 13.8 Å². The highest BCUT2D eigenvalue weighted by Gasteiger charge is 2.32. The summed E-state index contributed by atoms with van der Waals surface area (Å²) in [6.45, 7) is 6.47. The van der Waals surface area contributed by atoms with Gasteiger partial charge in [0.1, 0.15) is 11.5 Å². The van der Waals surface area contributed by atoms with E-state index in [0.29, 0.717) is 0 Å². The van der Waals surface area contributed by atoms with E-state index in [2.05, 4.69) is 19.9 Å². The van der Waals surface area contributed by atoms with Crippen molar-refractivity contribution < 1.29 is 4.42 Å². The Hall–Kier alpha value is -0.760. The van der Waals surface area contributed by atoms with E-state index in [4.69, 9.17) is 10.2 Å². The van der Waals surface area contributed by atoms with Crippen LogP contribution in [0.1, 0.15) is 43.4 Å². The molecule has 2 heteroatoms. The molecule has 0 bridgehead atoms. The zero-order valence-electron chi connectivity index (χ0n) is 8.55. The molecule has 2 N–H and O–H groups in total. The summed E-state index contributed by atoms with van der Waals surface area (Å²) >= 11 is 0. The van der Waals surface area contributed by atoms with Crippen LogP contribution < -0.4 is 5.73 Å². The maximum Gasteiger partial charge on any atom is 0.109 e. The Kier molecular flexibility index (Phi) is 1.77. The first kappa shape index (κ1) is 8.82. The van der Waals surface area contributed by atoms with Gasteiger partial charge in [-0.05, 0) is 24.8 Å². The Labute approximate surface area is 79.1 Å². The van der Waals surface area contributed by atoms with Gasteiger partial charge in [0.15, 0.2) is 0 Å². The van der Waals surface area contributed by atoms with Crippen LogP contribution in [0.2, 0.25) is 0 Å². The number of hydrogen-bond donors (Lipinski definition) is 1. The van der Waals surface area contributed by atoms with Gasteiger partial charge in [-0.15, -0.1) is 0 Å². The van der Waals surface area contributed by atoms with Crippen LogP contribution in [-0.4, -0.2) is 0 Å². The molecule has 0 radical (unpaired) electrons. The van der Waals surface area contributed by atoms with Gasteiger partial charge in [-0.25, -0.2) is 0 Å². The summed E-state index contributed by atoms with van der Waals surface area (Å²) in [5.74, 6) is 2.08. The molecule has 13 heavy (non-hydrogen) atoms. The fraction of sp³-hybridized carbons (Fsp3) is 0.636. The molecule has 1 aliphatic carbocycles. The summed E-state index contributed by atoms with van der Waals surface area (Å²) in [5, 5.41) is 0. The largest absolute Gasteiger partial charge is 0.466 e. The van der Waals surface area contributed by atoms with Crippen molar-refractivity contribution >= 4 is 0 Å². The Morgan fingerprint density at radius 3 is 2.92 bits per heavy atom. The topological polar surface area (TPSA) is 39.2 Å². The van der Waals surface area contributed by atoms with Crippen molar-refractivity contribution in [3.63, 3.8) is 0 Å². The molecule has 0 aliphatic heterocycles. The molecule has 72 valence electrons. The van der Waals surface area contributed by atoms with Crippen LogP contribution in [0.4, 0.5) is 0 Å². The van der Waals surface area contributed by atoms with Gasteiger partial charge in [-0.2, -0.15) is 0 Å². The van der Waals surface area contributed by atoms with E-state index < -0.39 is 0 Å². The summed E-state index contributed by atoms with van der Waals surface area (Å²) in [6.07, 6.45) is 2.07. The monoisotopic (exact) mass is 179 g/mol. The number of aryl methyl sites for hydroxylation is 1. The number of hydrogen-bond acceptors (Lipinski definition) is 2. The lowest BCUT2D eigenvalue weighted by atomic mass is 9.75. The molecule has 0 fully saturated rings. The number of furan rings is 1. The van der Waals surface area contributed by atoms with E-state index in [1.807, 2.05) is 6.92 Å². The van der Waals surface area contributed by atoms with Crippen molar-refractivity contribution in [1.82, 2.24) is 0 Å². The molecular formula is C11H17NO. The lowest BCUT2D eigenvalue weighted by molar-refractivity contribution is 0.255. The van der Waals surface area contributed by atoms with Crippen molar-refractivity contribution in [2.45, 2.75) is 39.7 Å². The standard InChI is InChI=1S/C11H17NO/c1-7-4-8-9(12)5-11(2,3)6-10(8)13-7/h4,9H,5-6,12H2,1-3H3. The molecule has 1 aromatic heterocycles. The minimum atomic E-state index is 0.163. The summed E-state index contributed by atoms with van der Waals surface area (Å²) in [6, 6.07) is 2.24. The molecule has 0 saturated heterocycles. The van der Waals surface area contributed by atoms with E-state index in [1.165, 1.54) is 5.56 Å². The maximum atomic E-state index is 6.08. The molecule has 0 aromatic carbocycles. The van der Waals surface area contributed by atoms with E-state index >= 15 is 0 Å². The summed E-state index contributed by atoms with van der Waals surface area (Å²) in [5.41, 5.74) is 7.58. The molecule has 2 nitrogen and oxygen atoms in total. The van der Waals surface area contributed by atoms with Crippen LogP contribution in [0, 0.1) is 12.3 Å². The maximum absolute atomic E-state index is 6.08. The predicted octanol–water partition coefficient (Wildman–Crippen LogP) is 2.56. The summed E-state index contributed by atoms with van der Waals surface area (Å²) < 4.78 is 5.63. The second-order valence-electron chi connectivity index (χ2n) is 4.89. The minimum Gasteiger partial charge on any atom is -0.466 e. The highest BCUT2D eigenvalue weighted by atomic mass is 16.3. The lowest BCUT2D eigenvalue weighted by Gasteiger charge is -2.32. The Morgan fingerprint density at radius 2 is 2.23 bits per heavy atom. The van der Waals surface area contributed by atoms with Gasteiger partial charge in [0.25, 0.3) is 0 Å². The molecule has 1 aromatic rings. The molecule has 0 spiro atoms. The number of nitrogens with two attached hydrogens (primary N) is 1. The highest BCUT2D eigenvalue weighted by molar-refractivity contribution is 5.28. The first-order valence-corrected chi connectivity index (χ1v) is 4.83. The Bertz CT molecular complexity index is 325. The third-order valence-corrected chi connectivity index (χ3v) is 2.78. The van der Waals surface area contributed by atoms with Crippen molar-refractivity contribution in [2.75, 3.05) is 0 Å². The Balaban J connectivity index is 2.42. The molecule has 0 saturated carbocycles. The van der Waals surface area contributed by atoms with Crippen LogP contribution in [-0.2, 0) is 6.42 Å². The second kappa shape index (κ2) is 2.61. The van der Waals surface area contributed by atoms with E-state index in [0.717, 1.165) is 24.4 Å². The third kappa shape index (κ3) is 1.51. The quantitative estimate of drug-likeness (QED) is 0.664. The van der Waals surface area contributed by atoms with E-state index in [1.54, 1.807) is 0 Å². The van der Waals surface area contributed by atoms with Gasteiger partial charge < -0.3 is 10.2 Å². The second-order valence-corrected chi connectivity index (χ2v) is 4.89. The molecule has 1 atom stereocenters. The molecule has 0 amide bonds. The summed E-state index contributed by atoms with van der Waals surface area (Å²) in [7, 11) is 0. The normalized spacial score (nSPS) is 25.7. The molecular weight excluding hydrogens is 162 g/mol. The van der Waals surface area contributed by atoms with Crippen molar-refractivity contribution in [2.24, 2.45) is 11.1 Å². The Morgan fingerprint density at radius 1 is 1.54 bits per heavy atom. The minimum absolute atomic E-state index is 0.163. The van der Waals surface area contributed by atoms with Crippen LogP contribution in [0.3, 0.4) is 0 Å². The van der Waals surface area contributed by atoms with Gasteiger partial charge in [0.2, 0.25) is 0 Å². The van der Waals surface area contributed by atoms with Gasteiger partial charge in [0.05, 0.1) is 0 Å². The van der Waals surface area contributed by atoms with E-state index in [-0.39, 0.29) is 11.5 Å². The fourth-order valence-electron chi connectivity index (χ4n) is 2.25. The van der Waals surface area contributed by atoms with Crippen molar-refractivity contribution in [3.05, 3.63) is 23.2 Å². The van der Waals surface area contributed by atoms with Crippen molar-refractivity contribution in [3.8, 4) is 0 Å². The molecule has 2 rings (SSSR count). The fourth-order valence-corrected chi connectivity index (χ4v) is 2.25. The molecule has 1 aliphatic rings. The van der Waals surface area contributed by atoms with Gasteiger partial charge in [0, 0.05) is 18.0 Å². The third-order valence-electron chi connectivity index (χ3n) is 2.78. The molecule has 1 unspecified atom stereocenters. The average Bonchev–Trinajstić information content (AvgIpc) is 2.27. The van der Waals surface area contributed by atoms with Gasteiger partial charge in [-0.3, -0.25) is 0 Å². The zero-order chi connectivity index (χ0) is 9.64. The van der Waals surface area contributed by atoms with Crippen LogP contribution in [0.25, 0.3) is 0 Å². The molecule has 1 heterocycles. The zero-order valence-corrected chi connectivity index (χ0v) is 8.55. The average molecular weight is 179 g/mol. The van der Waals surface area contributed by atoms with Gasteiger partial charge >= 0.3 is 0 Å². The number of fused-ring (bicyclic) bond motifs is 1. The number of rotatable bonds is 0. The van der Waals surface area contributed by atoms with Crippen LogP contribution in [0.5, 0.6) is 0 Å². The highest BCUT2D eigenvalue weighted by Crippen LogP contribution is 2.40. The first-order chi connectivity index (χ1) is 5.98. The lowest BCUT2D eigenvalue weighted by Crippen LogP contribution is -2.28. The first-order valence-electron chi connectivity index (χ1n) is 4.83. The van der Waals surface area contributed by atoms with Crippen LogP contribution >= 0.6 is 0 Å². The van der Waals surface area contributed by atoms with E-state index in [9.17, 15) is 0 Å². The summed E-state index contributed by atoms with van der Waals surface area (Å²) in [4.78, 5) is 0. The van der Waals surface area contributed by atoms with Crippen LogP contribution in [0.15, 0.2) is 10.5 Å². The SMILES string of the molecule is Cc1cc2c(o1)CC(C)(C)CC2N. The predicted molar refractivity (Wildman–Crippen MR) is 52.5 cm³/mol. The van der Waals surface area contributed by atoms with Crippen molar-refractivity contribution in [1.29, 1.82) is 0 Å². The smallest absolute Gasteiger partial charge is 0.109 e.